The number of ether oxygens (including phenoxy) is 2. The van der Waals surface area contributed by atoms with Crippen molar-refractivity contribution in [3.05, 3.63) is 30.3 Å². The lowest BCUT2D eigenvalue weighted by Gasteiger charge is -2.11. The molecule has 78 valence electrons. The molecule has 0 amide bonds. The maximum atomic E-state index is 9.77. The second-order valence-corrected chi connectivity index (χ2v) is 3.18. The average Bonchev–Trinajstić information content (AvgIpc) is 2.28. The Morgan fingerprint density at radius 3 is 2.47 bits per heavy atom. The maximum Gasteiger partial charge on any atom is 0.172 e. The van der Waals surface area contributed by atoms with Crippen molar-refractivity contribution in [2.75, 3.05) is 14.2 Å². The van der Waals surface area contributed by atoms with Crippen molar-refractivity contribution in [1.82, 2.24) is 0 Å². The lowest BCUT2D eigenvalue weighted by molar-refractivity contribution is 0.357. The van der Waals surface area contributed by atoms with Crippen molar-refractivity contribution in [3.8, 4) is 17.2 Å². The van der Waals surface area contributed by atoms with Gasteiger partial charge in [0.05, 0.1) is 19.6 Å². The van der Waals surface area contributed by atoms with E-state index in [2.05, 4.69) is 0 Å². The molecule has 0 fully saturated rings. The van der Waals surface area contributed by atoms with Crippen LogP contribution < -0.4 is 9.47 Å². The molecule has 0 radical (unpaired) electrons. The van der Waals surface area contributed by atoms with E-state index in [0.29, 0.717) is 16.9 Å². The van der Waals surface area contributed by atoms with Gasteiger partial charge in [-0.2, -0.15) is 0 Å². The fourth-order valence-corrected chi connectivity index (χ4v) is 1.67. The summed E-state index contributed by atoms with van der Waals surface area (Å²) in [6.45, 7) is 0. The summed E-state index contributed by atoms with van der Waals surface area (Å²) < 4.78 is 10.4. The van der Waals surface area contributed by atoms with Crippen molar-refractivity contribution < 1.29 is 14.6 Å². The smallest absolute Gasteiger partial charge is 0.172 e. The Morgan fingerprint density at radius 1 is 1.00 bits per heavy atom. The third-order valence-electron chi connectivity index (χ3n) is 2.36. The number of hydrogen-bond acceptors (Lipinski definition) is 3. The van der Waals surface area contributed by atoms with Crippen molar-refractivity contribution in [1.29, 1.82) is 0 Å². The van der Waals surface area contributed by atoms with Gasteiger partial charge in [0.25, 0.3) is 0 Å². The summed E-state index contributed by atoms with van der Waals surface area (Å²) in [6, 6.07) is 9.04. The molecule has 0 aliphatic carbocycles. The Kier molecular flexibility index (Phi) is 2.37. The van der Waals surface area contributed by atoms with Crippen LogP contribution in [0.25, 0.3) is 10.8 Å². The van der Waals surface area contributed by atoms with Gasteiger partial charge in [0, 0.05) is 0 Å². The van der Waals surface area contributed by atoms with Crippen molar-refractivity contribution in [2.45, 2.75) is 0 Å². The molecule has 3 nitrogen and oxygen atoms in total. The van der Waals surface area contributed by atoms with E-state index in [4.69, 9.17) is 9.47 Å². The zero-order chi connectivity index (χ0) is 10.8. The van der Waals surface area contributed by atoms with E-state index in [9.17, 15) is 5.11 Å². The van der Waals surface area contributed by atoms with Crippen molar-refractivity contribution >= 4 is 10.8 Å². The predicted molar refractivity (Wildman–Crippen MR) is 58.7 cm³/mol. The highest BCUT2D eigenvalue weighted by molar-refractivity contribution is 5.95. The fourth-order valence-electron chi connectivity index (χ4n) is 1.67. The van der Waals surface area contributed by atoms with Crippen molar-refractivity contribution in [2.24, 2.45) is 0 Å². The summed E-state index contributed by atoms with van der Waals surface area (Å²) in [5.41, 5.74) is 0. The third kappa shape index (κ3) is 1.46. The first-order valence-corrected chi connectivity index (χ1v) is 4.60. The zero-order valence-electron chi connectivity index (χ0n) is 8.65. The van der Waals surface area contributed by atoms with Gasteiger partial charge >= 0.3 is 0 Å². The normalized spacial score (nSPS) is 10.3. The van der Waals surface area contributed by atoms with Gasteiger partial charge in [-0.1, -0.05) is 18.2 Å². The van der Waals surface area contributed by atoms with Gasteiger partial charge in [-0.05, 0) is 17.5 Å². The van der Waals surface area contributed by atoms with Gasteiger partial charge in [-0.15, -0.1) is 0 Å². The lowest BCUT2D eigenvalue weighted by Crippen LogP contribution is -1.91. The molecule has 0 aliphatic heterocycles. The van der Waals surface area contributed by atoms with Crippen LogP contribution in [0.4, 0.5) is 0 Å². The minimum atomic E-state index is 0.197. The summed E-state index contributed by atoms with van der Waals surface area (Å²) in [5.74, 6) is 1.38. The molecule has 2 aromatic carbocycles. The Morgan fingerprint density at radius 2 is 1.80 bits per heavy atom. The number of aromatic hydroxyl groups is 1. The molecule has 2 rings (SSSR count). The molecule has 0 saturated carbocycles. The quantitative estimate of drug-likeness (QED) is 0.817. The largest absolute Gasteiger partial charge is 0.507 e. The number of phenolic OH excluding ortho intramolecular Hbond substituents is 1. The highest BCUT2D eigenvalue weighted by atomic mass is 16.5. The fraction of sp³-hybridized carbons (Fsp3) is 0.167. The molecular formula is C12H12O3. The van der Waals surface area contributed by atoms with Gasteiger partial charge in [0.15, 0.2) is 11.5 Å². The van der Waals surface area contributed by atoms with Crippen LogP contribution in [-0.4, -0.2) is 19.3 Å². The first kappa shape index (κ1) is 9.65. The molecule has 0 spiro atoms. The molecule has 1 N–H and O–H groups in total. The SMILES string of the molecule is COc1ccc2cccc(O)c2c1OC. The summed E-state index contributed by atoms with van der Waals surface area (Å²) in [6.07, 6.45) is 0. The van der Waals surface area contributed by atoms with Crippen LogP contribution in [0, 0.1) is 0 Å². The molecule has 15 heavy (non-hydrogen) atoms. The summed E-state index contributed by atoms with van der Waals surface area (Å²) in [4.78, 5) is 0. The number of fused-ring (bicyclic) bond motifs is 1. The number of hydrogen-bond donors (Lipinski definition) is 1. The molecular weight excluding hydrogens is 192 g/mol. The lowest BCUT2D eigenvalue weighted by atomic mass is 10.1. The Labute approximate surface area is 87.9 Å². The highest BCUT2D eigenvalue weighted by Gasteiger charge is 2.11. The van der Waals surface area contributed by atoms with Crippen LogP contribution in [-0.2, 0) is 0 Å². The number of methoxy groups -OCH3 is 2. The first-order valence-electron chi connectivity index (χ1n) is 4.60. The Balaban J connectivity index is 2.85. The van der Waals surface area contributed by atoms with Crippen molar-refractivity contribution in [3.63, 3.8) is 0 Å². The summed E-state index contributed by atoms with van der Waals surface area (Å²) in [7, 11) is 3.13. The van der Waals surface area contributed by atoms with Crippen LogP contribution in [0.3, 0.4) is 0 Å². The van der Waals surface area contributed by atoms with Crippen LogP contribution in [0.5, 0.6) is 17.2 Å². The number of phenols is 1. The van der Waals surface area contributed by atoms with E-state index in [0.717, 1.165) is 5.39 Å². The standard InChI is InChI=1S/C12H12O3/c1-14-10-7-6-8-4-3-5-9(13)11(8)12(10)15-2/h3-7,13H,1-2H3. The van der Waals surface area contributed by atoms with E-state index in [1.807, 2.05) is 18.2 Å². The molecule has 0 unspecified atom stereocenters. The molecule has 0 heterocycles. The molecule has 3 heteroatoms. The average molecular weight is 204 g/mol. The molecule has 0 aliphatic rings. The molecule has 2 aromatic rings. The second-order valence-electron chi connectivity index (χ2n) is 3.18. The molecule has 0 atom stereocenters. The van der Waals surface area contributed by atoms with Gasteiger partial charge < -0.3 is 14.6 Å². The number of rotatable bonds is 2. The maximum absolute atomic E-state index is 9.77. The highest BCUT2D eigenvalue weighted by Crippen LogP contribution is 2.39. The Bertz CT molecular complexity index is 491. The van der Waals surface area contributed by atoms with E-state index < -0.39 is 0 Å². The van der Waals surface area contributed by atoms with Gasteiger partial charge in [-0.25, -0.2) is 0 Å². The van der Waals surface area contributed by atoms with E-state index >= 15 is 0 Å². The molecule has 0 saturated heterocycles. The summed E-state index contributed by atoms with van der Waals surface area (Å²) >= 11 is 0. The minimum absolute atomic E-state index is 0.197. The van der Waals surface area contributed by atoms with Gasteiger partial charge in [0.1, 0.15) is 5.75 Å². The predicted octanol–water partition coefficient (Wildman–Crippen LogP) is 2.56. The monoisotopic (exact) mass is 204 g/mol. The Hall–Kier alpha value is -1.90. The van der Waals surface area contributed by atoms with E-state index in [1.165, 1.54) is 0 Å². The van der Waals surface area contributed by atoms with Crippen LogP contribution in [0.1, 0.15) is 0 Å². The third-order valence-corrected chi connectivity index (χ3v) is 2.36. The van der Waals surface area contributed by atoms with E-state index in [1.54, 1.807) is 26.4 Å². The molecule has 0 bridgehead atoms. The topological polar surface area (TPSA) is 38.7 Å². The number of benzene rings is 2. The van der Waals surface area contributed by atoms with E-state index in [-0.39, 0.29) is 5.75 Å². The zero-order valence-corrected chi connectivity index (χ0v) is 8.65. The van der Waals surface area contributed by atoms with Crippen LogP contribution in [0.15, 0.2) is 30.3 Å². The van der Waals surface area contributed by atoms with Crippen LogP contribution >= 0.6 is 0 Å². The summed E-state index contributed by atoms with van der Waals surface area (Å²) in [5, 5.41) is 11.4. The van der Waals surface area contributed by atoms with Gasteiger partial charge in [-0.3, -0.25) is 0 Å². The minimum Gasteiger partial charge on any atom is -0.507 e. The first-order chi connectivity index (χ1) is 7.27. The molecule has 0 aromatic heterocycles. The van der Waals surface area contributed by atoms with Crippen LogP contribution in [0.2, 0.25) is 0 Å². The second kappa shape index (κ2) is 3.69. The van der Waals surface area contributed by atoms with Gasteiger partial charge in [0.2, 0.25) is 0 Å².